The number of aliphatic hydroxyl groups is 1. The zero-order valence-electron chi connectivity index (χ0n) is 10.6. The molecule has 4 heteroatoms. The van der Waals surface area contributed by atoms with Crippen molar-refractivity contribution in [2.24, 2.45) is 0 Å². The molecule has 0 aliphatic carbocycles. The van der Waals surface area contributed by atoms with Crippen LogP contribution in [-0.4, -0.2) is 27.8 Å². The number of phenols is 1. The van der Waals surface area contributed by atoms with Crippen LogP contribution in [0.25, 0.3) is 10.9 Å². The first-order valence-corrected chi connectivity index (χ1v) is 6.07. The van der Waals surface area contributed by atoms with E-state index in [1.807, 2.05) is 32.0 Å². The second-order valence-electron chi connectivity index (χ2n) is 4.69. The monoisotopic (exact) mass is 246 g/mol. The zero-order valence-corrected chi connectivity index (χ0v) is 10.6. The number of aliphatic hydroxyl groups excluding tert-OH is 1. The lowest BCUT2D eigenvalue weighted by atomic mass is 10.1. The van der Waals surface area contributed by atoms with Crippen molar-refractivity contribution in [1.29, 1.82) is 0 Å². The molecule has 0 aliphatic heterocycles. The summed E-state index contributed by atoms with van der Waals surface area (Å²) < 4.78 is 0. The van der Waals surface area contributed by atoms with Gasteiger partial charge in [-0.2, -0.15) is 0 Å². The van der Waals surface area contributed by atoms with Crippen molar-refractivity contribution in [3.63, 3.8) is 0 Å². The highest BCUT2D eigenvalue weighted by atomic mass is 16.3. The van der Waals surface area contributed by atoms with Gasteiger partial charge in [-0.25, -0.2) is 0 Å². The number of nitrogens with one attached hydrogen (secondary N) is 1. The molecule has 3 N–H and O–H groups in total. The lowest BCUT2D eigenvalue weighted by Crippen LogP contribution is -2.27. The molecule has 0 bridgehead atoms. The summed E-state index contributed by atoms with van der Waals surface area (Å²) >= 11 is 0. The Morgan fingerprint density at radius 3 is 2.83 bits per heavy atom. The van der Waals surface area contributed by atoms with Gasteiger partial charge in [0.2, 0.25) is 0 Å². The number of aromatic nitrogens is 1. The highest BCUT2D eigenvalue weighted by Gasteiger charge is 2.11. The molecule has 96 valence electrons. The summed E-state index contributed by atoms with van der Waals surface area (Å²) in [6, 6.07) is 7.42. The topological polar surface area (TPSA) is 65.4 Å². The third-order valence-electron chi connectivity index (χ3n) is 2.81. The summed E-state index contributed by atoms with van der Waals surface area (Å²) in [5, 5.41) is 23.9. The molecule has 0 saturated heterocycles. The number of hydrogen-bond acceptors (Lipinski definition) is 4. The highest BCUT2D eigenvalue weighted by Crippen LogP contribution is 2.27. The Hall–Kier alpha value is -1.65. The van der Waals surface area contributed by atoms with Gasteiger partial charge < -0.3 is 15.5 Å². The quantitative estimate of drug-likeness (QED) is 0.771. The maximum absolute atomic E-state index is 10.1. The molecule has 1 aromatic heterocycles. The van der Waals surface area contributed by atoms with Crippen LogP contribution in [0.4, 0.5) is 0 Å². The summed E-state index contributed by atoms with van der Waals surface area (Å²) in [6.07, 6.45) is 1.00. The van der Waals surface area contributed by atoms with Crippen LogP contribution in [0.5, 0.6) is 5.75 Å². The third kappa shape index (κ3) is 2.78. The summed E-state index contributed by atoms with van der Waals surface area (Å²) in [5.41, 5.74) is 1.26. The fraction of sp³-hybridized carbons (Fsp3) is 0.357. The Labute approximate surface area is 106 Å². The van der Waals surface area contributed by atoms with Gasteiger partial charge in [0.1, 0.15) is 11.3 Å². The molecule has 1 atom stereocenters. The summed E-state index contributed by atoms with van der Waals surface area (Å²) in [5.74, 6) is 0.103. The molecule has 2 aromatic rings. The van der Waals surface area contributed by atoms with Crippen LogP contribution >= 0.6 is 0 Å². The van der Waals surface area contributed by atoms with Crippen LogP contribution in [-0.2, 0) is 0 Å². The SMILES string of the molecule is CC(C)NCC(O)c1cc(O)c2ncccc2c1. The molecular weight excluding hydrogens is 228 g/mol. The third-order valence-corrected chi connectivity index (χ3v) is 2.81. The predicted molar refractivity (Wildman–Crippen MR) is 71.5 cm³/mol. The predicted octanol–water partition coefficient (Wildman–Crippen LogP) is 1.97. The minimum Gasteiger partial charge on any atom is -0.506 e. The Kier molecular flexibility index (Phi) is 3.79. The van der Waals surface area contributed by atoms with Gasteiger partial charge in [-0.3, -0.25) is 4.98 Å². The molecule has 2 rings (SSSR count). The second-order valence-corrected chi connectivity index (χ2v) is 4.69. The van der Waals surface area contributed by atoms with Gasteiger partial charge in [-0.1, -0.05) is 19.9 Å². The van der Waals surface area contributed by atoms with Gasteiger partial charge in [-0.15, -0.1) is 0 Å². The molecule has 18 heavy (non-hydrogen) atoms. The number of nitrogens with zero attached hydrogens (tertiary/aromatic N) is 1. The number of fused-ring (bicyclic) bond motifs is 1. The van der Waals surface area contributed by atoms with Crippen LogP contribution in [0.1, 0.15) is 25.5 Å². The number of aromatic hydroxyl groups is 1. The number of hydrogen-bond donors (Lipinski definition) is 3. The van der Waals surface area contributed by atoms with E-state index in [1.54, 1.807) is 12.3 Å². The van der Waals surface area contributed by atoms with E-state index in [9.17, 15) is 10.2 Å². The van der Waals surface area contributed by atoms with E-state index in [4.69, 9.17) is 0 Å². The minimum atomic E-state index is -0.636. The van der Waals surface area contributed by atoms with E-state index in [0.717, 1.165) is 5.39 Å². The molecule has 0 amide bonds. The zero-order chi connectivity index (χ0) is 13.1. The standard InChI is InChI=1S/C14H18N2O2/c1-9(2)16-8-13(18)11-6-10-4-3-5-15-14(10)12(17)7-11/h3-7,9,13,16-18H,8H2,1-2H3. The van der Waals surface area contributed by atoms with Crippen molar-refractivity contribution in [2.75, 3.05) is 6.54 Å². The van der Waals surface area contributed by atoms with Crippen LogP contribution in [0.15, 0.2) is 30.5 Å². The Balaban J connectivity index is 2.28. The molecule has 0 fully saturated rings. The smallest absolute Gasteiger partial charge is 0.142 e. The number of benzene rings is 1. The lowest BCUT2D eigenvalue weighted by molar-refractivity contribution is 0.171. The van der Waals surface area contributed by atoms with E-state index in [1.165, 1.54) is 0 Å². The summed E-state index contributed by atoms with van der Waals surface area (Å²) in [7, 11) is 0. The molecule has 1 aromatic carbocycles. The lowest BCUT2D eigenvalue weighted by Gasteiger charge is -2.15. The Bertz CT molecular complexity index is 540. The maximum Gasteiger partial charge on any atom is 0.142 e. The summed E-state index contributed by atoms with van der Waals surface area (Å²) in [6.45, 7) is 4.51. The van der Waals surface area contributed by atoms with Crippen molar-refractivity contribution in [1.82, 2.24) is 10.3 Å². The fourth-order valence-corrected chi connectivity index (χ4v) is 1.85. The Morgan fingerprint density at radius 2 is 2.11 bits per heavy atom. The number of pyridine rings is 1. The Morgan fingerprint density at radius 1 is 1.33 bits per heavy atom. The largest absolute Gasteiger partial charge is 0.506 e. The maximum atomic E-state index is 10.1. The van der Waals surface area contributed by atoms with Gasteiger partial charge in [-0.05, 0) is 23.8 Å². The first kappa shape index (κ1) is 12.8. The van der Waals surface area contributed by atoms with Crippen molar-refractivity contribution in [3.05, 3.63) is 36.0 Å². The molecule has 0 radical (unpaired) electrons. The molecular formula is C14H18N2O2. The summed E-state index contributed by atoms with van der Waals surface area (Å²) in [4.78, 5) is 4.11. The van der Waals surface area contributed by atoms with Crippen LogP contribution in [0, 0.1) is 0 Å². The molecule has 0 spiro atoms. The van der Waals surface area contributed by atoms with Crippen molar-refractivity contribution >= 4 is 10.9 Å². The van der Waals surface area contributed by atoms with Crippen LogP contribution < -0.4 is 5.32 Å². The van der Waals surface area contributed by atoms with Gasteiger partial charge in [0.15, 0.2) is 0 Å². The van der Waals surface area contributed by atoms with E-state index < -0.39 is 6.10 Å². The van der Waals surface area contributed by atoms with Crippen molar-refractivity contribution < 1.29 is 10.2 Å². The van der Waals surface area contributed by atoms with Gasteiger partial charge in [0, 0.05) is 24.2 Å². The first-order valence-electron chi connectivity index (χ1n) is 6.07. The number of rotatable bonds is 4. The number of phenolic OH excluding ortho intramolecular Hbond substituents is 1. The van der Waals surface area contributed by atoms with E-state index in [2.05, 4.69) is 10.3 Å². The molecule has 0 saturated carbocycles. The van der Waals surface area contributed by atoms with Crippen molar-refractivity contribution in [2.45, 2.75) is 26.0 Å². The van der Waals surface area contributed by atoms with Gasteiger partial charge >= 0.3 is 0 Å². The van der Waals surface area contributed by atoms with Gasteiger partial charge in [0.05, 0.1) is 6.10 Å². The van der Waals surface area contributed by atoms with E-state index in [0.29, 0.717) is 23.7 Å². The minimum absolute atomic E-state index is 0.103. The second kappa shape index (κ2) is 5.33. The van der Waals surface area contributed by atoms with E-state index >= 15 is 0 Å². The molecule has 4 nitrogen and oxygen atoms in total. The molecule has 0 aliphatic rings. The van der Waals surface area contributed by atoms with Crippen LogP contribution in [0.2, 0.25) is 0 Å². The van der Waals surface area contributed by atoms with Gasteiger partial charge in [0.25, 0.3) is 0 Å². The van der Waals surface area contributed by atoms with Crippen molar-refractivity contribution in [3.8, 4) is 5.75 Å². The average molecular weight is 246 g/mol. The fourth-order valence-electron chi connectivity index (χ4n) is 1.85. The highest BCUT2D eigenvalue weighted by molar-refractivity contribution is 5.84. The van der Waals surface area contributed by atoms with E-state index in [-0.39, 0.29) is 5.75 Å². The molecule has 1 heterocycles. The average Bonchev–Trinajstić information content (AvgIpc) is 2.36. The van der Waals surface area contributed by atoms with Crippen LogP contribution in [0.3, 0.4) is 0 Å². The molecule has 1 unspecified atom stereocenters. The first-order chi connectivity index (χ1) is 8.58. The normalized spacial score (nSPS) is 13.1.